The molecular weight excluding hydrogens is 230 g/mol. The van der Waals surface area contributed by atoms with Gasteiger partial charge in [0.1, 0.15) is 12.4 Å². The highest BCUT2D eigenvalue weighted by molar-refractivity contribution is 5.86. The Morgan fingerprint density at radius 1 is 1.39 bits per heavy atom. The van der Waals surface area contributed by atoms with Crippen molar-refractivity contribution in [3.8, 4) is 5.75 Å². The van der Waals surface area contributed by atoms with Gasteiger partial charge in [0.25, 0.3) is 0 Å². The van der Waals surface area contributed by atoms with E-state index < -0.39 is 5.97 Å². The lowest BCUT2D eigenvalue weighted by Gasteiger charge is -2.06. The molecule has 0 atom stereocenters. The molecule has 1 heterocycles. The van der Waals surface area contributed by atoms with E-state index in [9.17, 15) is 4.79 Å². The second-order valence-electron chi connectivity index (χ2n) is 3.83. The van der Waals surface area contributed by atoms with Crippen LogP contribution in [0.5, 0.6) is 5.75 Å². The molecular formula is C14H13NO3. The molecule has 0 aliphatic carbocycles. The fourth-order valence-corrected chi connectivity index (χ4v) is 1.54. The fraction of sp³-hybridized carbons (Fsp3) is 0.143. The molecule has 0 amide bonds. The summed E-state index contributed by atoms with van der Waals surface area (Å²) in [5.74, 6) is -0.228. The average Bonchev–Trinajstić information content (AvgIpc) is 2.38. The van der Waals surface area contributed by atoms with E-state index in [4.69, 9.17) is 9.84 Å². The number of rotatable bonds is 4. The first-order chi connectivity index (χ1) is 8.68. The summed E-state index contributed by atoms with van der Waals surface area (Å²) in [7, 11) is 0. The van der Waals surface area contributed by atoms with Crippen LogP contribution in [0, 0.1) is 0 Å². The number of nitrogens with zero attached hydrogens (tertiary/aromatic N) is 1. The van der Waals surface area contributed by atoms with Crippen molar-refractivity contribution in [3.05, 3.63) is 48.2 Å². The molecule has 0 bridgehead atoms. The van der Waals surface area contributed by atoms with E-state index in [-0.39, 0.29) is 12.2 Å². The number of benzene rings is 1. The zero-order valence-corrected chi connectivity index (χ0v) is 9.96. The number of fused-ring (bicyclic) bond motifs is 1. The predicted molar refractivity (Wildman–Crippen MR) is 68.6 cm³/mol. The topological polar surface area (TPSA) is 59.4 Å². The van der Waals surface area contributed by atoms with E-state index >= 15 is 0 Å². The van der Waals surface area contributed by atoms with Crippen molar-refractivity contribution >= 4 is 16.9 Å². The van der Waals surface area contributed by atoms with E-state index in [1.165, 1.54) is 13.0 Å². The predicted octanol–water partition coefficient (Wildman–Crippen LogP) is 2.64. The maximum absolute atomic E-state index is 10.6. The molecule has 0 fully saturated rings. The molecule has 1 aromatic heterocycles. The lowest BCUT2D eigenvalue weighted by Crippen LogP contribution is -2.01. The van der Waals surface area contributed by atoms with Crippen LogP contribution >= 0.6 is 0 Å². The minimum atomic E-state index is -0.932. The zero-order chi connectivity index (χ0) is 13.0. The molecule has 0 aliphatic heterocycles. The van der Waals surface area contributed by atoms with Crippen LogP contribution in [-0.4, -0.2) is 22.7 Å². The molecule has 1 N–H and O–H groups in total. The van der Waals surface area contributed by atoms with Gasteiger partial charge >= 0.3 is 5.97 Å². The highest BCUT2D eigenvalue weighted by Crippen LogP contribution is 2.23. The molecule has 0 aliphatic rings. The van der Waals surface area contributed by atoms with Crippen LogP contribution in [0.2, 0.25) is 0 Å². The molecule has 0 unspecified atom stereocenters. The Labute approximate surface area is 105 Å². The summed E-state index contributed by atoms with van der Waals surface area (Å²) < 4.78 is 5.56. The molecule has 4 heteroatoms. The first kappa shape index (κ1) is 12.1. The number of aromatic nitrogens is 1. The third-order valence-electron chi connectivity index (χ3n) is 2.57. The van der Waals surface area contributed by atoms with Crippen LogP contribution in [-0.2, 0) is 4.79 Å². The van der Waals surface area contributed by atoms with Crippen LogP contribution in [0.1, 0.15) is 6.92 Å². The molecule has 92 valence electrons. The molecule has 18 heavy (non-hydrogen) atoms. The summed E-state index contributed by atoms with van der Waals surface area (Å²) in [6, 6.07) is 9.37. The number of hydrogen-bond acceptors (Lipinski definition) is 3. The third kappa shape index (κ3) is 2.66. The normalized spacial score (nSPS) is 11.5. The Balaban J connectivity index is 2.18. The van der Waals surface area contributed by atoms with Gasteiger partial charge in [0, 0.05) is 17.2 Å². The van der Waals surface area contributed by atoms with Gasteiger partial charge in [-0.05, 0) is 37.3 Å². The Bertz CT molecular complexity index is 600. The molecule has 2 aromatic rings. The van der Waals surface area contributed by atoms with Crippen molar-refractivity contribution < 1.29 is 14.6 Å². The van der Waals surface area contributed by atoms with E-state index in [1.807, 2.05) is 30.3 Å². The molecule has 4 nitrogen and oxygen atoms in total. The largest absolute Gasteiger partial charge is 0.489 e. The second kappa shape index (κ2) is 5.31. The summed E-state index contributed by atoms with van der Waals surface area (Å²) in [5.41, 5.74) is 1.13. The van der Waals surface area contributed by atoms with E-state index in [2.05, 4.69) is 4.98 Å². The zero-order valence-electron chi connectivity index (χ0n) is 9.96. The quantitative estimate of drug-likeness (QED) is 0.838. The number of carboxylic acid groups (broad SMARTS) is 1. The van der Waals surface area contributed by atoms with E-state index in [0.717, 1.165) is 10.9 Å². The molecule has 1 aromatic carbocycles. The highest BCUT2D eigenvalue weighted by atomic mass is 16.5. The summed E-state index contributed by atoms with van der Waals surface area (Å²) >= 11 is 0. The summed E-state index contributed by atoms with van der Waals surface area (Å²) in [5, 5.41) is 9.64. The van der Waals surface area contributed by atoms with Crippen molar-refractivity contribution in [2.24, 2.45) is 0 Å². The smallest absolute Gasteiger partial charge is 0.331 e. The summed E-state index contributed by atoms with van der Waals surface area (Å²) in [6.45, 7) is 1.77. The van der Waals surface area contributed by atoms with Gasteiger partial charge in [-0.1, -0.05) is 6.07 Å². The average molecular weight is 243 g/mol. The second-order valence-corrected chi connectivity index (χ2v) is 3.83. The van der Waals surface area contributed by atoms with Gasteiger partial charge in [0.2, 0.25) is 0 Å². The summed E-state index contributed by atoms with van der Waals surface area (Å²) in [6.07, 6.45) is 3.26. The molecule has 2 rings (SSSR count). The highest BCUT2D eigenvalue weighted by Gasteiger charge is 2.02. The Hall–Kier alpha value is -2.36. The Kier molecular flexibility index (Phi) is 3.57. The Morgan fingerprint density at radius 2 is 2.22 bits per heavy atom. The first-order valence-corrected chi connectivity index (χ1v) is 5.55. The lowest BCUT2D eigenvalue weighted by atomic mass is 10.2. The monoisotopic (exact) mass is 243 g/mol. The van der Waals surface area contributed by atoms with E-state index in [0.29, 0.717) is 5.75 Å². The van der Waals surface area contributed by atoms with Crippen molar-refractivity contribution in [2.45, 2.75) is 6.92 Å². The van der Waals surface area contributed by atoms with Crippen LogP contribution in [0.15, 0.2) is 48.2 Å². The number of hydrogen-bond donors (Lipinski definition) is 1. The standard InChI is InChI=1S/C14H13NO3/c1-10(14(16)17)7-9-18-13-6-2-5-12-11(13)4-3-8-15-12/h2-8H,9H2,1H3,(H,16,17)/b10-7-. The molecule has 0 radical (unpaired) electrons. The summed E-state index contributed by atoms with van der Waals surface area (Å²) in [4.78, 5) is 14.8. The fourth-order valence-electron chi connectivity index (χ4n) is 1.54. The first-order valence-electron chi connectivity index (χ1n) is 5.55. The van der Waals surface area contributed by atoms with Crippen molar-refractivity contribution in [2.75, 3.05) is 6.61 Å². The van der Waals surface area contributed by atoms with E-state index in [1.54, 1.807) is 6.20 Å². The molecule has 0 saturated carbocycles. The number of aliphatic carboxylic acids is 1. The maximum Gasteiger partial charge on any atom is 0.331 e. The number of carbonyl (C=O) groups is 1. The maximum atomic E-state index is 10.6. The van der Waals surface area contributed by atoms with Crippen LogP contribution in [0.3, 0.4) is 0 Å². The van der Waals surface area contributed by atoms with Gasteiger partial charge in [-0.3, -0.25) is 4.98 Å². The van der Waals surface area contributed by atoms with Gasteiger partial charge in [-0.15, -0.1) is 0 Å². The van der Waals surface area contributed by atoms with Crippen LogP contribution < -0.4 is 4.74 Å². The number of ether oxygens (including phenoxy) is 1. The van der Waals surface area contributed by atoms with Crippen molar-refractivity contribution in [1.82, 2.24) is 4.98 Å². The van der Waals surface area contributed by atoms with Gasteiger partial charge < -0.3 is 9.84 Å². The van der Waals surface area contributed by atoms with Gasteiger partial charge in [0.05, 0.1) is 5.52 Å². The van der Waals surface area contributed by atoms with Crippen molar-refractivity contribution in [1.29, 1.82) is 0 Å². The molecule has 0 saturated heterocycles. The third-order valence-corrected chi connectivity index (χ3v) is 2.57. The molecule has 0 spiro atoms. The van der Waals surface area contributed by atoms with Gasteiger partial charge in [-0.2, -0.15) is 0 Å². The lowest BCUT2D eigenvalue weighted by molar-refractivity contribution is -0.132. The Morgan fingerprint density at radius 3 is 3.00 bits per heavy atom. The van der Waals surface area contributed by atoms with Gasteiger partial charge in [0.15, 0.2) is 0 Å². The van der Waals surface area contributed by atoms with Crippen molar-refractivity contribution in [3.63, 3.8) is 0 Å². The van der Waals surface area contributed by atoms with Crippen LogP contribution in [0.4, 0.5) is 0 Å². The van der Waals surface area contributed by atoms with Crippen LogP contribution in [0.25, 0.3) is 10.9 Å². The van der Waals surface area contributed by atoms with Gasteiger partial charge in [-0.25, -0.2) is 4.79 Å². The SMILES string of the molecule is C/C(=C/COc1cccc2ncccc12)C(=O)O. The minimum Gasteiger partial charge on any atom is -0.489 e. The number of pyridine rings is 1. The minimum absolute atomic E-state index is 0.228. The number of carboxylic acids is 1.